The van der Waals surface area contributed by atoms with Gasteiger partial charge in [-0.15, -0.1) is 0 Å². The number of hydrogen-bond acceptors (Lipinski definition) is 9. The van der Waals surface area contributed by atoms with E-state index in [4.69, 9.17) is 14.2 Å². The Bertz CT molecular complexity index is 998. The highest BCUT2D eigenvalue weighted by Gasteiger charge is 2.38. The number of carboxylic acids is 2. The normalized spacial score (nSPS) is 18.5. The van der Waals surface area contributed by atoms with E-state index in [1.807, 2.05) is 47.1 Å². The Morgan fingerprint density at radius 1 is 0.717 bits per heavy atom. The Kier molecular flexibility index (Phi) is 27.5. The average Bonchev–Trinajstić information content (AvgIpc) is 3.08. The molecule has 0 amide bonds. The van der Waals surface area contributed by atoms with Crippen LogP contribution < -0.4 is 0 Å². The third-order valence-electron chi connectivity index (χ3n) is 10.7. The summed E-state index contributed by atoms with van der Waals surface area (Å²) in [7, 11) is 6.53. The maximum atomic E-state index is 14.6. The van der Waals surface area contributed by atoms with Gasteiger partial charge in [-0.1, -0.05) is 110 Å². The Morgan fingerprint density at radius 3 is 1.60 bits per heavy atom. The smallest absolute Gasteiger partial charge is 0.332 e. The van der Waals surface area contributed by atoms with Crippen LogP contribution in [0.5, 0.6) is 0 Å². The van der Waals surface area contributed by atoms with Gasteiger partial charge < -0.3 is 33.8 Å². The summed E-state index contributed by atoms with van der Waals surface area (Å²) in [6.45, 7) is 3.65. The topological polar surface area (TPSA) is 140 Å². The molecule has 0 saturated heterocycles. The molecule has 4 unspecified atom stereocenters. The van der Waals surface area contributed by atoms with Crippen molar-refractivity contribution in [3.8, 4) is 0 Å². The van der Waals surface area contributed by atoms with Gasteiger partial charge in [0.25, 0.3) is 0 Å². The fourth-order valence-electron chi connectivity index (χ4n) is 7.59. The van der Waals surface area contributed by atoms with Crippen molar-refractivity contribution in [2.24, 2.45) is 0 Å². The molecule has 0 heterocycles. The molecule has 1 aliphatic carbocycles. The standard InChI is InChI=1S/C40H81N4O8P/c1-7-42(33-39(46)47)36(32-43(34-40(48)49)38-27-23-22-26-37(38)41(2)3)35-53(50,52-31-28-44(4,5)6)51-30-25-21-19-17-15-13-11-9-8-10-12-14-16-18-20-24-29-45/h36-38,45H,7-35H2,1-6H3,(H-,46,47,48,49)/p+1. The van der Waals surface area contributed by atoms with Crippen LogP contribution >= 0.6 is 7.60 Å². The minimum absolute atomic E-state index is 0.00532. The van der Waals surface area contributed by atoms with E-state index < -0.39 is 25.6 Å². The summed E-state index contributed by atoms with van der Waals surface area (Å²) in [6, 6.07) is -0.364. The number of carboxylic acid groups (broad SMARTS) is 2. The summed E-state index contributed by atoms with van der Waals surface area (Å²) in [4.78, 5) is 30.1. The zero-order valence-corrected chi connectivity index (χ0v) is 35.8. The molecule has 12 nitrogen and oxygen atoms in total. The van der Waals surface area contributed by atoms with Crippen LogP contribution in [0.4, 0.5) is 0 Å². The molecular weight excluding hydrogens is 695 g/mol. The number of aliphatic hydroxyl groups is 1. The Labute approximate surface area is 324 Å². The second-order valence-electron chi connectivity index (χ2n) is 16.7. The monoisotopic (exact) mass is 778 g/mol. The lowest BCUT2D eigenvalue weighted by molar-refractivity contribution is -0.870. The van der Waals surface area contributed by atoms with Gasteiger partial charge in [0, 0.05) is 31.3 Å². The van der Waals surface area contributed by atoms with Gasteiger partial charge in [-0.05, 0) is 46.3 Å². The minimum atomic E-state index is -3.67. The molecule has 13 heteroatoms. The molecule has 3 N–H and O–H groups in total. The molecule has 1 saturated carbocycles. The first-order chi connectivity index (χ1) is 25.2. The Hall–Kier alpha value is -1.11. The number of likely N-dealkylation sites (N-methyl/N-ethyl adjacent to an activating group) is 3. The number of aliphatic carboxylic acids is 2. The van der Waals surface area contributed by atoms with Crippen LogP contribution in [0.25, 0.3) is 0 Å². The third kappa shape index (κ3) is 24.9. The molecule has 314 valence electrons. The van der Waals surface area contributed by atoms with Crippen molar-refractivity contribution in [1.29, 1.82) is 0 Å². The van der Waals surface area contributed by atoms with Crippen LogP contribution in [0.3, 0.4) is 0 Å². The van der Waals surface area contributed by atoms with Crippen LogP contribution in [0, 0.1) is 0 Å². The predicted octanol–water partition coefficient (Wildman–Crippen LogP) is 7.19. The second kappa shape index (κ2) is 29.2. The Morgan fingerprint density at radius 2 is 1.17 bits per heavy atom. The largest absolute Gasteiger partial charge is 0.480 e. The number of hydrogen-bond donors (Lipinski definition) is 3. The van der Waals surface area contributed by atoms with Gasteiger partial charge in [0.2, 0.25) is 0 Å². The lowest BCUT2D eigenvalue weighted by Crippen LogP contribution is -2.57. The molecule has 4 atom stereocenters. The lowest BCUT2D eigenvalue weighted by Gasteiger charge is -2.44. The molecule has 0 aromatic rings. The van der Waals surface area contributed by atoms with E-state index in [2.05, 4.69) is 4.90 Å². The van der Waals surface area contributed by atoms with Crippen LogP contribution in [-0.2, 0) is 23.2 Å². The molecule has 0 aliphatic heterocycles. The molecular formula is C40H82N4O8P+. The van der Waals surface area contributed by atoms with E-state index in [1.54, 1.807) is 4.90 Å². The predicted molar refractivity (Wildman–Crippen MR) is 216 cm³/mol. The lowest BCUT2D eigenvalue weighted by atomic mass is 9.88. The van der Waals surface area contributed by atoms with Crippen molar-refractivity contribution in [2.45, 2.75) is 153 Å². The third-order valence-corrected chi connectivity index (χ3v) is 12.7. The maximum absolute atomic E-state index is 14.6. The van der Waals surface area contributed by atoms with E-state index in [1.165, 1.54) is 70.6 Å². The first-order valence-electron chi connectivity index (χ1n) is 21.1. The number of carbonyl (C=O) groups is 2. The van der Waals surface area contributed by atoms with E-state index in [0.717, 1.165) is 57.8 Å². The summed E-state index contributed by atoms with van der Waals surface area (Å²) in [5.41, 5.74) is 0. The maximum Gasteiger partial charge on any atom is 0.332 e. The highest BCUT2D eigenvalue weighted by atomic mass is 31.2. The fraction of sp³-hybridized carbons (Fsp3) is 0.950. The van der Waals surface area contributed by atoms with Crippen molar-refractivity contribution >= 4 is 19.5 Å². The second-order valence-corrected chi connectivity index (χ2v) is 18.8. The zero-order chi connectivity index (χ0) is 39.5. The number of aliphatic hydroxyl groups excluding tert-OH is 1. The fourth-order valence-corrected chi connectivity index (χ4v) is 9.51. The highest BCUT2D eigenvalue weighted by molar-refractivity contribution is 7.53. The van der Waals surface area contributed by atoms with Crippen LogP contribution in [0.15, 0.2) is 0 Å². The number of unbranched alkanes of at least 4 members (excludes halogenated alkanes) is 15. The first kappa shape index (κ1) is 49.9. The van der Waals surface area contributed by atoms with Crippen molar-refractivity contribution in [2.75, 3.05) is 93.9 Å². The summed E-state index contributed by atoms with van der Waals surface area (Å²) in [5.74, 6) is -1.91. The number of nitrogens with zero attached hydrogens (tertiary/aromatic N) is 4. The molecule has 1 aliphatic rings. The first-order valence-corrected chi connectivity index (χ1v) is 22.8. The van der Waals surface area contributed by atoms with Crippen LogP contribution in [0.2, 0.25) is 0 Å². The summed E-state index contributed by atoms with van der Waals surface area (Å²) in [6.07, 6.45) is 23.0. The number of quaternary nitrogens is 1. The van der Waals surface area contributed by atoms with E-state index in [9.17, 15) is 24.4 Å². The van der Waals surface area contributed by atoms with Gasteiger partial charge in [0.15, 0.2) is 0 Å². The Balaban J connectivity index is 2.78. The summed E-state index contributed by atoms with van der Waals surface area (Å²) in [5, 5.41) is 28.6. The SMILES string of the molecule is CCN(CC(=O)O)C(CN(CC(=O)O)C1CCCCC1N(C)C)CP(=O)(OCCCCCCCCCCCCCCCCCCO)OCC[N+](C)(C)C. The average molecular weight is 778 g/mol. The molecule has 53 heavy (non-hydrogen) atoms. The van der Waals surface area contributed by atoms with Gasteiger partial charge >= 0.3 is 19.5 Å². The molecule has 1 fully saturated rings. The van der Waals surface area contributed by atoms with Crippen LogP contribution in [0.1, 0.15) is 135 Å². The molecule has 0 aromatic heterocycles. The molecule has 0 bridgehead atoms. The highest BCUT2D eigenvalue weighted by Crippen LogP contribution is 2.49. The molecule has 1 rings (SSSR count). The molecule has 0 aromatic carbocycles. The zero-order valence-electron chi connectivity index (χ0n) is 34.9. The summed E-state index contributed by atoms with van der Waals surface area (Å²) < 4.78 is 27.5. The quantitative estimate of drug-likeness (QED) is 0.0343. The van der Waals surface area contributed by atoms with E-state index >= 15 is 0 Å². The van der Waals surface area contributed by atoms with Gasteiger partial charge in [0.1, 0.15) is 13.2 Å². The van der Waals surface area contributed by atoms with Gasteiger partial charge in [-0.3, -0.25) is 24.0 Å². The van der Waals surface area contributed by atoms with Gasteiger partial charge in [-0.25, -0.2) is 0 Å². The van der Waals surface area contributed by atoms with Crippen molar-refractivity contribution < 1.29 is 43.0 Å². The molecule has 0 radical (unpaired) electrons. The van der Waals surface area contributed by atoms with Crippen molar-refractivity contribution in [1.82, 2.24) is 14.7 Å². The van der Waals surface area contributed by atoms with E-state index in [0.29, 0.717) is 30.8 Å². The molecule has 0 spiro atoms. The number of rotatable bonds is 35. The summed E-state index contributed by atoms with van der Waals surface area (Å²) >= 11 is 0. The van der Waals surface area contributed by atoms with Crippen molar-refractivity contribution in [3.05, 3.63) is 0 Å². The van der Waals surface area contributed by atoms with Crippen molar-refractivity contribution in [3.63, 3.8) is 0 Å². The van der Waals surface area contributed by atoms with E-state index in [-0.39, 0.29) is 44.5 Å². The van der Waals surface area contributed by atoms with Gasteiger partial charge in [0.05, 0.1) is 47.0 Å². The van der Waals surface area contributed by atoms with Crippen LogP contribution in [-0.4, -0.2) is 159 Å². The minimum Gasteiger partial charge on any atom is -0.480 e. The van der Waals surface area contributed by atoms with Gasteiger partial charge in [-0.2, -0.15) is 0 Å².